The lowest BCUT2D eigenvalue weighted by Crippen LogP contribution is -2.50. The molecule has 0 aromatic heterocycles. The van der Waals surface area contributed by atoms with E-state index in [9.17, 15) is 4.79 Å². The molecule has 1 aliphatic rings. The molecule has 1 aromatic carbocycles. The third kappa shape index (κ3) is 5.66. The molecule has 0 unspecified atom stereocenters. The van der Waals surface area contributed by atoms with Crippen molar-refractivity contribution in [3.8, 4) is 0 Å². The zero-order valence-corrected chi connectivity index (χ0v) is 16.8. The number of amides is 1. The fourth-order valence-corrected chi connectivity index (χ4v) is 3.91. The van der Waals surface area contributed by atoms with Gasteiger partial charge in [0.15, 0.2) is 5.96 Å². The van der Waals surface area contributed by atoms with E-state index in [0.29, 0.717) is 12.1 Å². The van der Waals surface area contributed by atoms with Crippen molar-refractivity contribution in [2.75, 3.05) is 39.5 Å². The second kappa shape index (κ2) is 8.61. The van der Waals surface area contributed by atoms with Crippen molar-refractivity contribution in [1.82, 2.24) is 15.1 Å². The highest BCUT2D eigenvalue weighted by Gasteiger charge is 2.28. The molecule has 1 amide bonds. The Morgan fingerprint density at radius 3 is 2.56 bits per heavy atom. The van der Waals surface area contributed by atoms with Crippen molar-refractivity contribution in [3.63, 3.8) is 0 Å². The molecule has 1 fully saturated rings. The van der Waals surface area contributed by atoms with Gasteiger partial charge in [0, 0.05) is 49.8 Å². The van der Waals surface area contributed by atoms with Gasteiger partial charge in [-0.3, -0.25) is 4.79 Å². The lowest BCUT2D eigenvalue weighted by molar-refractivity contribution is 0.0827. The first-order chi connectivity index (χ1) is 11.8. The van der Waals surface area contributed by atoms with Gasteiger partial charge in [0.1, 0.15) is 0 Å². The molecule has 0 bridgehead atoms. The Bertz CT molecular complexity index is 610. The van der Waals surface area contributed by atoms with Crippen LogP contribution in [0, 0.1) is 0 Å². The highest BCUT2D eigenvalue weighted by Crippen LogP contribution is 2.29. The average Bonchev–Trinajstić information content (AvgIpc) is 2.57. The summed E-state index contributed by atoms with van der Waals surface area (Å²) >= 11 is 2.02. The molecule has 1 aromatic rings. The van der Waals surface area contributed by atoms with Crippen LogP contribution in [0.1, 0.15) is 36.7 Å². The molecule has 6 heteroatoms. The molecule has 138 valence electrons. The highest BCUT2D eigenvalue weighted by molar-refractivity contribution is 8.00. The van der Waals surface area contributed by atoms with Gasteiger partial charge in [-0.25, -0.2) is 4.99 Å². The van der Waals surface area contributed by atoms with Gasteiger partial charge in [0.05, 0.1) is 6.54 Å². The quantitative estimate of drug-likeness (QED) is 0.661. The van der Waals surface area contributed by atoms with E-state index in [1.807, 2.05) is 36.0 Å². The predicted molar refractivity (Wildman–Crippen MR) is 107 cm³/mol. The average molecular weight is 363 g/mol. The second-order valence-corrected chi connectivity index (χ2v) is 8.90. The summed E-state index contributed by atoms with van der Waals surface area (Å²) in [6, 6.07) is 7.72. The van der Waals surface area contributed by atoms with Gasteiger partial charge < -0.3 is 15.1 Å². The summed E-state index contributed by atoms with van der Waals surface area (Å²) < 4.78 is 0.253. The van der Waals surface area contributed by atoms with Crippen LogP contribution in [0.3, 0.4) is 0 Å². The molecule has 1 saturated heterocycles. The van der Waals surface area contributed by atoms with Crippen molar-refractivity contribution in [1.29, 1.82) is 0 Å². The molecular formula is C19H30N4OS. The summed E-state index contributed by atoms with van der Waals surface area (Å²) in [6.07, 6.45) is 0. The molecule has 1 heterocycles. The summed E-state index contributed by atoms with van der Waals surface area (Å²) in [6.45, 7) is 10.2. The molecule has 1 aliphatic heterocycles. The molecule has 1 N–H and O–H groups in total. The van der Waals surface area contributed by atoms with E-state index in [0.717, 1.165) is 36.9 Å². The van der Waals surface area contributed by atoms with E-state index in [1.54, 1.807) is 19.0 Å². The summed E-state index contributed by atoms with van der Waals surface area (Å²) in [4.78, 5) is 20.7. The number of carbonyl (C=O) groups is 1. The first-order valence-corrected chi connectivity index (χ1v) is 9.79. The van der Waals surface area contributed by atoms with Crippen LogP contribution in [-0.2, 0) is 6.54 Å². The molecule has 0 radical (unpaired) electrons. The van der Waals surface area contributed by atoms with Crippen molar-refractivity contribution < 1.29 is 4.79 Å². The van der Waals surface area contributed by atoms with E-state index < -0.39 is 0 Å². The number of nitrogens with zero attached hydrogens (tertiary/aromatic N) is 3. The maximum absolute atomic E-state index is 12.0. The monoisotopic (exact) mass is 362 g/mol. The number of nitrogens with one attached hydrogen (secondary N) is 1. The maximum atomic E-state index is 12.0. The van der Waals surface area contributed by atoms with E-state index in [2.05, 4.69) is 31.0 Å². The van der Waals surface area contributed by atoms with E-state index in [1.165, 1.54) is 0 Å². The van der Waals surface area contributed by atoms with Crippen LogP contribution in [-0.4, -0.2) is 65.9 Å². The smallest absolute Gasteiger partial charge is 0.253 e. The molecule has 0 aliphatic carbocycles. The Hall–Kier alpha value is -1.69. The van der Waals surface area contributed by atoms with Crippen LogP contribution in [0.25, 0.3) is 0 Å². The minimum absolute atomic E-state index is 0.0245. The lowest BCUT2D eigenvalue weighted by Gasteiger charge is -2.39. The summed E-state index contributed by atoms with van der Waals surface area (Å²) in [5, 5.41) is 3.41. The first-order valence-electron chi connectivity index (χ1n) is 8.80. The summed E-state index contributed by atoms with van der Waals surface area (Å²) in [5.41, 5.74) is 1.82. The van der Waals surface area contributed by atoms with Crippen LogP contribution in [0.4, 0.5) is 0 Å². The number of carbonyl (C=O) groups excluding carboxylic acids is 1. The third-order valence-corrected chi connectivity index (χ3v) is 5.38. The Labute approximate surface area is 155 Å². The largest absolute Gasteiger partial charge is 0.357 e. The molecule has 0 spiro atoms. The molecule has 5 nitrogen and oxygen atoms in total. The fourth-order valence-electron chi connectivity index (χ4n) is 2.80. The van der Waals surface area contributed by atoms with Crippen LogP contribution in [0.15, 0.2) is 29.3 Å². The first kappa shape index (κ1) is 19.6. The minimum atomic E-state index is 0.0245. The number of aliphatic imine (C=N–C) groups is 1. The van der Waals surface area contributed by atoms with Crippen LogP contribution in [0.2, 0.25) is 0 Å². The number of rotatable bonds is 4. The Morgan fingerprint density at radius 1 is 1.32 bits per heavy atom. The fraction of sp³-hybridized carbons (Fsp3) is 0.579. The Morgan fingerprint density at radius 2 is 2.00 bits per heavy atom. The molecule has 25 heavy (non-hydrogen) atoms. The van der Waals surface area contributed by atoms with Crippen molar-refractivity contribution in [3.05, 3.63) is 35.4 Å². The number of thioether (sulfide) groups is 1. The summed E-state index contributed by atoms with van der Waals surface area (Å²) in [5.74, 6) is 2.12. The second-order valence-electron chi connectivity index (χ2n) is 7.10. The minimum Gasteiger partial charge on any atom is -0.357 e. The van der Waals surface area contributed by atoms with E-state index in [-0.39, 0.29) is 10.7 Å². The molecule has 2 rings (SSSR count). The van der Waals surface area contributed by atoms with E-state index in [4.69, 9.17) is 4.99 Å². The zero-order chi connectivity index (χ0) is 18.4. The van der Waals surface area contributed by atoms with Crippen molar-refractivity contribution >= 4 is 23.6 Å². The normalized spacial score (nSPS) is 17.3. The number of benzene rings is 1. The lowest BCUT2D eigenvalue weighted by atomic mass is 10.1. The van der Waals surface area contributed by atoms with Crippen LogP contribution < -0.4 is 5.32 Å². The van der Waals surface area contributed by atoms with Gasteiger partial charge in [0.2, 0.25) is 0 Å². The molecule has 0 atom stereocenters. The predicted octanol–water partition coefficient (Wildman–Crippen LogP) is 2.68. The van der Waals surface area contributed by atoms with Crippen LogP contribution in [0.5, 0.6) is 0 Å². The van der Waals surface area contributed by atoms with Gasteiger partial charge in [-0.05, 0) is 38.5 Å². The topological polar surface area (TPSA) is 47.9 Å². The maximum Gasteiger partial charge on any atom is 0.253 e. The number of hydrogen-bond donors (Lipinski definition) is 1. The van der Waals surface area contributed by atoms with Gasteiger partial charge in [0.25, 0.3) is 5.91 Å². The molecular weight excluding hydrogens is 332 g/mol. The van der Waals surface area contributed by atoms with Crippen LogP contribution >= 0.6 is 11.8 Å². The van der Waals surface area contributed by atoms with Gasteiger partial charge in [-0.15, -0.1) is 0 Å². The zero-order valence-electron chi connectivity index (χ0n) is 16.0. The SMILES string of the molecule is CCNC(=NCc1ccc(C(=O)N(C)C)cc1)N1CCSC(C)(C)C1. The van der Waals surface area contributed by atoms with Gasteiger partial charge in [-0.2, -0.15) is 11.8 Å². The van der Waals surface area contributed by atoms with Gasteiger partial charge >= 0.3 is 0 Å². The van der Waals surface area contributed by atoms with Crippen molar-refractivity contribution in [2.45, 2.75) is 32.1 Å². The highest BCUT2D eigenvalue weighted by atomic mass is 32.2. The van der Waals surface area contributed by atoms with Gasteiger partial charge in [-0.1, -0.05) is 12.1 Å². The number of guanidine groups is 1. The number of hydrogen-bond acceptors (Lipinski definition) is 3. The molecule has 0 saturated carbocycles. The summed E-state index contributed by atoms with van der Waals surface area (Å²) in [7, 11) is 3.53. The third-order valence-electron chi connectivity index (χ3n) is 4.08. The Kier molecular flexibility index (Phi) is 6.76. The Balaban J connectivity index is 2.07. The standard InChI is InChI=1S/C19H30N4OS/c1-6-20-18(23-11-12-25-19(2,3)14-23)21-13-15-7-9-16(10-8-15)17(24)22(4)5/h7-10H,6,11-14H2,1-5H3,(H,20,21). The van der Waals surface area contributed by atoms with E-state index >= 15 is 0 Å². The van der Waals surface area contributed by atoms with Crippen molar-refractivity contribution in [2.24, 2.45) is 4.99 Å².